The number of hydrogen-bond acceptors (Lipinski definition) is 5. The van der Waals surface area contributed by atoms with Crippen molar-refractivity contribution < 1.29 is 16.8 Å². The molecule has 1 aromatic heterocycles. The van der Waals surface area contributed by atoms with E-state index in [1.165, 1.54) is 12.1 Å². The highest BCUT2D eigenvalue weighted by Gasteiger charge is 2.31. The molecule has 0 bridgehead atoms. The zero-order valence-corrected chi connectivity index (χ0v) is 17.9. The van der Waals surface area contributed by atoms with Gasteiger partial charge in [-0.25, -0.2) is 21.6 Å². The van der Waals surface area contributed by atoms with Crippen molar-refractivity contribution in [1.29, 1.82) is 0 Å². The number of sulfone groups is 1. The number of nitrogens with one attached hydrogen (secondary N) is 1. The summed E-state index contributed by atoms with van der Waals surface area (Å²) in [7, 11) is -7.59. The molecule has 5 nitrogen and oxygen atoms in total. The zero-order valence-electron chi connectivity index (χ0n) is 15.5. The molecule has 3 aromatic rings. The van der Waals surface area contributed by atoms with Crippen LogP contribution in [0.25, 0.3) is 0 Å². The molecule has 0 aliphatic heterocycles. The second-order valence-electron chi connectivity index (χ2n) is 6.50. The monoisotopic (exact) mass is 435 g/mol. The molecular weight excluding hydrogens is 414 g/mol. The van der Waals surface area contributed by atoms with Gasteiger partial charge in [0.05, 0.1) is 4.90 Å². The van der Waals surface area contributed by atoms with Crippen LogP contribution in [0.5, 0.6) is 0 Å². The number of hydrogen-bond donors (Lipinski definition) is 1. The van der Waals surface area contributed by atoms with Gasteiger partial charge in [-0.1, -0.05) is 54.1 Å². The third-order valence-electron chi connectivity index (χ3n) is 4.40. The van der Waals surface area contributed by atoms with Crippen molar-refractivity contribution >= 4 is 31.2 Å². The molecule has 0 fully saturated rings. The standard InChI is InChI=1S/C20H21NO4S3/c1-15-10-11-18(16(2)13-15)28(24,25)21-14-19(17-7-4-3-5-8-17)27(22,23)20-9-6-12-26-20/h3-13,19,21H,14H2,1-2H3/t19-/m0/s1. The zero-order chi connectivity index (χ0) is 20.4. The Bertz CT molecular complexity index is 1150. The summed E-state index contributed by atoms with van der Waals surface area (Å²) in [5, 5.41) is 0.669. The lowest BCUT2D eigenvalue weighted by atomic mass is 10.1. The van der Waals surface area contributed by atoms with Gasteiger partial charge in [0, 0.05) is 6.54 Å². The Balaban J connectivity index is 1.95. The van der Waals surface area contributed by atoms with Gasteiger partial charge in [-0.05, 0) is 42.5 Å². The van der Waals surface area contributed by atoms with Crippen LogP contribution in [0, 0.1) is 13.8 Å². The highest BCUT2D eigenvalue weighted by molar-refractivity contribution is 7.93. The Morgan fingerprint density at radius 2 is 1.64 bits per heavy atom. The lowest BCUT2D eigenvalue weighted by molar-refractivity contribution is 0.569. The molecule has 0 amide bonds. The van der Waals surface area contributed by atoms with Crippen LogP contribution in [0.3, 0.4) is 0 Å². The van der Waals surface area contributed by atoms with E-state index in [1.54, 1.807) is 60.8 Å². The molecule has 0 aliphatic carbocycles. The van der Waals surface area contributed by atoms with Gasteiger partial charge in [-0.2, -0.15) is 0 Å². The predicted molar refractivity (Wildman–Crippen MR) is 112 cm³/mol. The van der Waals surface area contributed by atoms with Gasteiger partial charge in [0.2, 0.25) is 10.0 Å². The van der Waals surface area contributed by atoms with E-state index in [1.807, 2.05) is 6.92 Å². The summed E-state index contributed by atoms with van der Waals surface area (Å²) in [4.78, 5) is 0.151. The van der Waals surface area contributed by atoms with E-state index in [-0.39, 0.29) is 15.6 Å². The van der Waals surface area contributed by atoms with Gasteiger partial charge in [-0.15, -0.1) is 11.3 Å². The van der Waals surface area contributed by atoms with E-state index in [9.17, 15) is 16.8 Å². The third kappa shape index (κ3) is 4.35. The van der Waals surface area contributed by atoms with Gasteiger partial charge in [0.1, 0.15) is 9.46 Å². The first-order chi connectivity index (χ1) is 13.2. The highest BCUT2D eigenvalue weighted by Crippen LogP contribution is 2.31. The molecule has 0 saturated carbocycles. The van der Waals surface area contributed by atoms with Crippen molar-refractivity contribution in [1.82, 2.24) is 4.72 Å². The van der Waals surface area contributed by atoms with E-state index in [2.05, 4.69) is 4.72 Å². The lowest BCUT2D eigenvalue weighted by Crippen LogP contribution is -2.32. The molecule has 8 heteroatoms. The van der Waals surface area contributed by atoms with Crippen LogP contribution < -0.4 is 4.72 Å². The topological polar surface area (TPSA) is 80.3 Å². The average Bonchev–Trinajstić information content (AvgIpc) is 3.17. The fourth-order valence-corrected chi connectivity index (χ4v) is 7.25. The Hall–Kier alpha value is -2.00. The van der Waals surface area contributed by atoms with E-state index in [0.29, 0.717) is 11.1 Å². The largest absolute Gasteiger partial charge is 0.240 e. The van der Waals surface area contributed by atoms with Crippen molar-refractivity contribution in [3.05, 3.63) is 82.7 Å². The molecule has 0 spiro atoms. The van der Waals surface area contributed by atoms with Crippen LogP contribution in [0.15, 0.2) is 75.1 Å². The summed E-state index contributed by atoms with van der Waals surface area (Å²) in [6.07, 6.45) is 0. The number of aryl methyl sites for hydroxylation is 2. The fourth-order valence-electron chi connectivity index (χ4n) is 3.00. The van der Waals surface area contributed by atoms with E-state index < -0.39 is 25.1 Å². The van der Waals surface area contributed by atoms with Crippen molar-refractivity contribution in [3.63, 3.8) is 0 Å². The summed E-state index contributed by atoms with van der Waals surface area (Å²) in [5.74, 6) is 0. The third-order valence-corrected chi connectivity index (χ3v) is 9.52. The molecule has 1 heterocycles. The van der Waals surface area contributed by atoms with Crippen LogP contribution >= 0.6 is 11.3 Å². The molecule has 3 rings (SSSR count). The molecule has 1 N–H and O–H groups in total. The van der Waals surface area contributed by atoms with Crippen LogP contribution in [-0.4, -0.2) is 23.4 Å². The minimum absolute atomic E-state index is 0.151. The SMILES string of the molecule is Cc1ccc(S(=O)(=O)NC[C@@H](c2ccccc2)S(=O)(=O)c2cccs2)c(C)c1. The van der Waals surface area contributed by atoms with Crippen molar-refractivity contribution in [2.24, 2.45) is 0 Å². The number of benzene rings is 2. The van der Waals surface area contributed by atoms with Crippen LogP contribution in [0.4, 0.5) is 0 Å². The number of rotatable bonds is 7. The molecule has 0 unspecified atom stereocenters. The van der Waals surface area contributed by atoms with Gasteiger partial charge < -0.3 is 0 Å². The summed E-state index contributed by atoms with van der Waals surface area (Å²) in [6.45, 7) is 3.36. The van der Waals surface area contributed by atoms with Crippen molar-refractivity contribution in [2.45, 2.75) is 28.2 Å². The normalized spacial score (nSPS) is 13.4. The molecule has 1 atom stereocenters. The molecule has 28 heavy (non-hydrogen) atoms. The summed E-state index contributed by atoms with van der Waals surface area (Å²) < 4.78 is 54.6. The van der Waals surface area contributed by atoms with Crippen LogP contribution in [0.1, 0.15) is 21.9 Å². The van der Waals surface area contributed by atoms with Gasteiger partial charge in [0.15, 0.2) is 9.84 Å². The maximum atomic E-state index is 13.1. The van der Waals surface area contributed by atoms with Gasteiger partial charge >= 0.3 is 0 Å². The van der Waals surface area contributed by atoms with E-state index in [4.69, 9.17) is 0 Å². The van der Waals surface area contributed by atoms with E-state index in [0.717, 1.165) is 16.9 Å². The minimum atomic E-state index is -3.85. The molecular formula is C20H21NO4S3. The predicted octanol–water partition coefficient (Wildman–Crippen LogP) is 3.86. The Morgan fingerprint density at radius 1 is 0.929 bits per heavy atom. The average molecular weight is 436 g/mol. The van der Waals surface area contributed by atoms with Crippen molar-refractivity contribution in [2.75, 3.05) is 6.54 Å². The lowest BCUT2D eigenvalue weighted by Gasteiger charge is -2.18. The first kappa shape index (κ1) is 20.7. The second kappa shape index (κ2) is 8.16. The maximum Gasteiger partial charge on any atom is 0.240 e. The second-order valence-corrected chi connectivity index (χ2v) is 11.5. The first-order valence-electron chi connectivity index (χ1n) is 8.61. The Labute approximate surface area is 170 Å². The molecule has 0 aliphatic rings. The van der Waals surface area contributed by atoms with Gasteiger partial charge in [-0.3, -0.25) is 0 Å². The Kier molecular flexibility index (Phi) is 6.04. The van der Waals surface area contributed by atoms with Crippen LogP contribution in [0.2, 0.25) is 0 Å². The van der Waals surface area contributed by atoms with Gasteiger partial charge in [0.25, 0.3) is 0 Å². The van der Waals surface area contributed by atoms with Crippen LogP contribution in [-0.2, 0) is 19.9 Å². The first-order valence-corrected chi connectivity index (χ1v) is 12.5. The number of thiophene rings is 1. The maximum absolute atomic E-state index is 13.1. The smallest absolute Gasteiger partial charge is 0.222 e. The number of sulfonamides is 1. The molecule has 0 radical (unpaired) electrons. The quantitative estimate of drug-likeness (QED) is 0.611. The summed E-state index contributed by atoms with van der Waals surface area (Å²) in [6, 6.07) is 16.9. The Morgan fingerprint density at radius 3 is 2.25 bits per heavy atom. The summed E-state index contributed by atoms with van der Waals surface area (Å²) >= 11 is 1.12. The minimum Gasteiger partial charge on any atom is -0.222 e. The van der Waals surface area contributed by atoms with E-state index >= 15 is 0 Å². The fraction of sp³-hybridized carbons (Fsp3) is 0.200. The summed E-state index contributed by atoms with van der Waals surface area (Å²) in [5.41, 5.74) is 2.11. The molecule has 0 saturated heterocycles. The molecule has 148 valence electrons. The van der Waals surface area contributed by atoms with Crippen molar-refractivity contribution in [3.8, 4) is 0 Å². The highest BCUT2D eigenvalue weighted by atomic mass is 32.2. The molecule has 2 aromatic carbocycles.